The van der Waals surface area contributed by atoms with E-state index in [1.54, 1.807) is 17.0 Å². The predicted molar refractivity (Wildman–Crippen MR) is 87.9 cm³/mol. The van der Waals surface area contributed by atoms with Gasteiger partial charge in [-0.1, -0.05) is 60.2 Å². The molecule has 0 saturated carbocycles. The summed E-state index contributed by atoms with van der Waals surface area (Å²) in [6.07, 6.45) is 0.752. The Morgan fingerprint density at radius 3 is 2.18 bits per heavy atom. The largest absolute Gasteiger partial charge is 0.336 e. The lowest BCUT2D eigenvalue weighted by atomic mass is 10.1. The van der Waals surface area contributed by atoms with Crippen molar-refractivity contribution in [2.45, 2.75) is 20.3 Å². The Morgan fingerprint density at radius 1 is 0.955 bits per heavy atom. The topological polar surface area (TPSA) is 37.4 Å². The Hall–Kier alpha value is -2.42. The van der Waals surface area contributed by atoms with E-state index in [0.717, 1.165) is 17.5 Å². The summed E-state index contributed by atoms with van der Waals surface area (Å²) >= 11 is 0. The summed E-state index contributed by atoms with van der Waals surface area (Å²) in [6.45, 7) is 4.93. The molecule has 2 rings (SSSR count). The number of carbonyl (C=O) groups is 2. The maximum atomic E-state index is 12.4. The quantitative estimate of drug-likeness (QED) is 0.606. The minimum absolute atomic E-state index is 0.428. The highest BCUT2D eigenvalue weighted by Crippen LogP contribution is 2.08. The Morgan fingerprint density at radius 2 is 1.59 bits per heavy atom. The Labute approximate surface area is 131 Å². The summed E-state index contributed by atoms with van der Waals surface area (Å²) in [7, 11) is 0. The highest BCUT2D eigenvalue weighted by molar-refractivity contribution is 6.42. The van der Waals surface area contributed by atoms with E-state index in [9.17, 15) is 9.59 Å². The molecule has 0 spiro atoms. The van der Waals surface area contributed by atoms with Gasteiger partial charge < -0.3 is 4.90 Å². The van der Waals surface area contributed by atoms with E-state index >= 15 is 0 Å². The van der Waals surface area contributed by atoms with Gasteiger partial charge in [-0.05, 0) is 25.8 Å². The SMILES string of the molecule is CCN(CCc1ccccc1)C(=O)C(=O)c1ccc(C)cc1. The van der Waals surface area contributed by atoms with Crippen molar-refractivity contribution >= 4 is 11.7 Å². The average molecular weight is 295 g/mol. The molecule has 0 N–H and O–H groups in total. The number of hydrogen-bond donors (Lipinski definition) is 0. The van der Waals surface area contributed by atoms with Crippen molar-refractivity contribution in [3.63, 3.8) is 0 Å². The Kier molecular flexibility index (Phi) is 5.48. The zero-order valence-corrected chi connectivity index (χ0v) is 13.1. The van der Waals surface area contributed by atoms with Crippen molar-refractivity contribution in [3.8, 4) is 0 Å². The molecule has 2 aromatic rings. The molecule has 0 radical (unpaired) electrons. The maximum Gasteiger partial charge on any atom is 0.294 e. The highest BCUT2D eigenvalue weighted by Gasteiger charge is 2.21. The number of benzene rings is 2. The fourth-order valence-corrected chi connectivity index (χ4v) is 2.28. The minimum Gasteiger partial charge on any atom is -0.336 e. The minimum atomic E-state index is -0.435. The highest BCUT2D eigenvalue weighted by atomic mass is 16.2. The van der Waals surface area contributed by atoms with Crippen molar-refractivity contribution in [2.75, 3.05) is 13.1 Å². The van der Waals surface area contributed by atoms with E-state index in [4.69, 9.17) is 0 Å². The standard InChI is InChI=1S/C19H21NO2/c1-3-20(14-13-16-7-5-4-6-8-16)19(22)18(21)17-11-9-15(2)10-12-17/h4-12H,3,13-14H2,1-2H3. The van der Waals surface area contributed by atoms with Crippen LogP contribution in [0, 0.1) is 6.92 Å². The third-order valence-electron chi connectivity index (χ3n) is 3.69. The summed E-state index contributed by atoms with van der Waals surface area (Å²) in [6, 6.07) is 17.1. The van der Waals surface area contributed by atoms with Crippen LogP contribution in [0.1, 0.15) is 28.4 Å². The van der Waals surface area contributed by atoms with Gasteiger partial charge in [0.1, 0.15) is 0 Å². The molecule has 114 valence electrons. The first-order valence-corrected chi connectivity index (χ1v) is 7.56. The van der Waals surface area contributed by atoms with Crippen LogP contribution in [-0.4, -0.2) is 29.7 Å². The van der Waals surface area contributed by atoms with Crippen LogP contribution < -0.4 is 0 Å². The molecule has 0 aliphatic rings. The van der Waals surface area contributed by atoms with E-state index < -0.39 is 11.7 Å². The van der Waals surface area contributed by atoms with Crippen LogP contribution in [0.3, 0.4) is 0 Å². The molecule has 0 aromatic heterocycles. The molecule has 0 bridgehead atoms. The molecule has 1 amide bonds. The fourth-order valence-electron chi connectivity index (χ4n) is 2.28. The normalized spacial score (nSPS) is 10.3. The lowest BCUT2D eigenvalue weighted by Gasteiger charge is -2.20. The summed E-state index contributed by atoms with van der Waals surface area (Å²) in [5, 5.41) is 0. The van der Waals surface area contributed by atoms with Gasteiger partial charge in [-0.15, -0.1) is 0 Å². The van der Waals surface area contributed by atoms with Crippen LogP contribution >= 0.6 is 0 Å². The van der Waals surface area contributed by atoms with Gasteiger partial charge in [0.15, 0.2) is 0 Å². The number of nitrogens with zero attached hydrogens (tertiary/aromatic N) is 1. The molecule has 0 aliphatic carbocycles. The van der Waals surface area contributed by atoms with Gasteiger partial charge in [-0.25, -0.2) is 0 Å². The molecular formula is C19H21NO2. The summed E-state index contributed by atoms with van der Waals surface area (Å²) in [4.78, 5) is 26.2. The number of amides is 1. The fraction of sp³-hybridized carbons (Fsp3) is 0.263. The van der Waals surface area contributed by atoms with Crippen molar-refractivity contribution in [2.24, 2.45) is 0 Å². The van der Waals surface area contributed by atoms with Crippen LogP contribution in [0.15, 0.2) is 54.6 Å². The molecule has 0 unspecified atom stereocenters. The maximum absolute atomic E-state index is 12.4. The van der Waals surface area contributed by atoms with Gasteiger partial charge in [0.25, 0.3) is 5.91 Å². The summed E-state index contributed by atoms with van der Waals surface area (Å²) in [5.74, 6) is -0.864. The smallest absolute Gasteiger partial charge is 0.294 e. The van der Waals surface area contributed by atoms with Crippen molar-refractivity contribution in [1.29, 1.82) is 0 Å². The predicted octanol–water partition coefficient (Wildman–Crippen LogP) is 3.27. The van der Waals surface area contributed by atoms with Crippen LogP contribution in [0.4, 0.5) is 0 Å². The molecule has 3 heteroatoms. The second-order valence-corrected chi connectivity index (χ2v) is 5.32. The second-order valence-electron chi connectivity index (χ2n) is 5.32. The van der Waals surface area contributed by atoms with Gasteiger partial charge in [0.05, 0.1) is 0 Å². The van der Waals surface area contributed by atoms with E-state index in [1.165, 1.54) is 0 Å². The summed E-state index contributed by atoms with van der Waals surface area (Å²) in [5.41, 5.74) is 2.69. The zero-order chi connectivity index (χ0) is 15.9. The van der Waals surface area contributed by atoms with Gasteiger partial charge in [-0.2, -0.15) is 0 Å². The lowest BCUT2D eigenvalue weighted by molar-refractivity contribution is -0.126. The lowest BCUT2D eigenvalue weighted by Crippen LogP contribution is -2.37. The zero-order valence-electron chi connectivity index (χ0n) is 13.1. The first-order valence-electron chi connectivity index (χ1n) is 7.56. The number of Topliss-reactive ketones (excluding diaryl/α,β-unsaturated/α-hetero) is 1. The van der Waals surface area contributed by atoms with Crippen LogP contribution in [0.2, 0.25) is 0 Å². The number of aryl methyl sites for hydroxylation is 1. The van der Waals surface area contributed by atoms with Crippen molar-refractivity contribution in [1.82, 2.24) is 4.90 Å². The van der Waals surface area contributed by atoms with E-state index in [0.29, 0.717) is 18.7 Å². The molecule has 0 atom stereocenters. The average Bonchev–Trinajstić information content (AvgIpc) is 2.56. The summed E-state index contributed by atoms with van der Waals surface area (Å²) < 4.78 is 0. The number of likely N-dealkylation sites (N-methyl/N-ethyl adjacent to an activating group) is 1. The van der Waals surface area contributed by atoms with E-state index in [-0.39, 0.29) is 0 Å². The van der Waals surface area contributed by atoms with Crippen LogP contribution in [-0.2, 0) is 11.2 Å². The molecule has 0 aliphatic heterocycles. The molecular weight excluding hydrogens is 274 g/mol. The number of rotatable bonds is 6. The van der Waals surface area contributed by atoms with Gasteiger partial charge in [-0.3, -0.25) is 9.59 Å². The first-order chi connectivity index (χ1) is 10.6. The van der Waals surface area contributed by atoms with E-state index in [2.05, 4.69) is 0 Å². The van der Waals surface area contributed by atoms with Crippen LogP contribution in [0.5, 0.6) is 0 Å². The van der Waals surface area contributed by atoms with Crippen LogP contribution in [0.25, 0.3) is 0 Å². The monoisotopic (exact) mass is 295 g/mol. The number of hydrogen-bond acceptors (Lipinski definition) is 2. The molecule has 22 heavy (non-hydrogen) atoms. The third-order valence-corrected chi connectivity index (χ3v) is 3.69. The van der Waals surface area contributed by atoms with Gasteiger partial charge in [0, 0.05) is 18.7 Å². The first kappa shape index (κ1) is 16.0. The van der Waals surface area contributed by atoms with Crippen molar-refractivity contribution < 1.29 is 9.59 Å². The van der Waals surface area contributed by atoms with E-state index in [1.807, 2.05) is 56.3 Å². The molecule has 0 fully saturated rings. The van der Waals surface area contributed by atoms with Gasteiger partial charge >= 0.3 is 0 Å². The molecule has 3 nitrogen and oxygen atoms in total. The molecule has 2 aromatic carbocycles. The Bertz CT molecular complexity index is 632. The number of ketones is 1. The third kappa shape index (κ3) is 4.04. The number of carbonyl (C=O) groups excluding carboxylic acids is 2. The second kappa shape index (κ2) is 7.55. The van der Waals surface area contributed by atoms with Gasteiger partial charge in [0.2, 0.25) is 5.78 Å². The Balaban J connectivity index is 2.01. The molecule has 0 heterocycles. The molecule has 0 saturated heterocycles. The van der Waals surface area contributed by atoms with Crippen molar-refractivity contribution in [3.05, 3.63) is 71.3 Å².